The summed E-state index contributed by atoms with van der Waals surface area (Å²) >= 11 is 12.1. The van der Waals surface area contributed by atoms with Crippen molar-refractivity contribution in [3.8, 4) is 0 Å². The minimum atomic E-state index is -0.721. The number of hydrogen-bond acceptors (Lipinski definition) is 2. The molecule has 2 aromatic carbocycles. The van der Waals surface area contributed by atoms with E-state index in [0.29, 0.717) is 29.3 Å². The van der Waals surface area contributed by atoms with Gasteiger partial charge in [0.25, 0.3) is 0 Å². The number of rotatable bonds is 1. The lowest BCUT2D eigenvalue weighted by Crippen LogP contribution is -2.44. The highest BCUT2D eigenvalue weighted by atomic mass is 35.5. The minimum absolute atomic E-state index is 0.0489. The van der Waals surface area contributed by atoms with Crippen LogP contribution in [-0.2, 0) is 15.0 Å². The average molecular weight is 360 g/mol. The molecule has 1 N–H and O–H groups in total. The number of anilines is 1. The molecule has 2 aliphatic rings. The van der Waals surface area contributed by atoms with E-state index in [1.807, 2.05) is 18.2 Å². The van der Waals surface area contributed by atoms with Gasteiger partial charge in [-0.25, -0.2) is 0 Å². The van der Waals surface area contributed by atoms with Crippen LogP contribution in [0.2, 0.25) is 10.0 Å². The van der Waals surface area contributed by atoms with Crippen molar-refractivity contribution >= 4 is 40.6 Å². The van der Waals surface area contributed by atoms with Gasteiger partial charge in [-0.2, -0.15) is 0 Å². The van der Waals surface area contributed by atoms with Crippen molar-refractivity contribution in [2.45, 2.75) is 30.6 Å². The molecule has 1 aliphatic heterocycles. The number of Topliss-reactive ketones (excluding diaryl/α,β-unsaturated/α-hetero) is 1. The Morgan fingerprint density at radius 3 is 2.46 bits per heavy atom. The smallest absolute Gasteiger partial charge is 0.235 e. The summed E-state index contributed by atoms with van der Waals surface area (Å²) in [6.45, 7) is 0. The number of carbonyl (C=O) groups is 2. The van der Waals surface area contributed by atoms with Crippen LogP contribution in [0.1, 0.15) is 36.3 Å². The molecular weight excluding hydrogens is 345 g/mol. The summed E-state index contributed by atoms with van der Waals surface area (Å²) < 4.78 is 0. The highest BCUT2D eigenvalue weighted by Gasteiger charge is 2.54. The molecule has 0 saturated heterocycles. The lowest BCUT2D eigenvalue weighted by atomic mass is 9.60. The maximum atomic E-state index is 13.0. The van der Waals surface area contributed by atoms with Gasteiger partial charge in [0.2, 0.25) is 5.91 Å². The first-order chi connectivity index (χ1) is 11.5. The third-order valence-electron chi connectivity index (χ3n) is 5.21. The summed E-state index contributed by atoms with van der Waals surface area (Å²) in [6.07, 6.45) is 1.29. The summed E-state index contributed by atoms with van der Waals surface area (Å²) in [5.74, 6) is -0.0542. The Balaban J connectivity index is 1.89. The van der Waals surface area contributed by atoms with Gasteiger partial charge >= 0.3 is 0 Å². The fraction of sp³-hybridized carbons (Fsp3) is 0.263. The van der Waals surface area contributed by atoms with E-state index in [1.54, 1.807) is 24.3 Å². The van der Waals surface area contributed by atoms with E-state index in [4.69, 9.17) is 23.2 Å². The van der Waals surface area contributed by atoms with E-state index in [1.165, 1.54) is 0 Å². The molecule has 5 heteroatoms. The van der Waals surface area contributed by atoms with Gasteiger partial charge in [0.1, 0.15) is 5.78 Å². The van der Waals surface area contributed by atoms with Crippen molar-refractivity contribution < 1.29 is 9.59 Å². The van der Waals surface area contributed by atoms with Gasteiger partial charge in [0, 0.05) is 34.5 Å². The molecule has 0 aromatic heterocycles. The third-order valence-corrected chi connectivity index (χ3v) is 5.70. The molecule has 1 heterocycles. The van der Waals surface area contributed by atoms with Gasteiger partial charge in [-0.3, -0.25) is 9.59 Å². The zero-order chi connectivity index (χ0) is 16.9. The number of halogens is 2. The van der Waals surface area contributed by atoms with Crippen molar-refractivity contribution in [1.82, 2.24) is 0 Å². The number of carbonyl (C=O) groups excluding carboxylic acids is 2. The first kappa shape index (κ1) is 15.7. The number of fused-ring (bicyclic) bond motifs is 2. The van der Waals surface area contributed by atoms with Gasteiger partial charge < -0.3 is 5.32 Å². The highest BCUT2D eigenvalue weighted by Crippen LogP contribution is 2.54. The Morgan fingerprint density at radius 1 is 1.00 bits per heavy atom. The molecule has 4 rings (SSSR count). The Bertz CT molecular complexity index is 847. The lowest BCUT2D eigenvalue weighted by Gasteiger charge is -2.39. The van der Waals surface area contributed by atoms with Crippen LogP contribution in [0.4, 0.5) is 5.69 Å². The van der Waals surface area contributed by atoms with E-state index < -0.39 is 5.41 Å². The summed E-state index contributed by atoms with van der Waals surface area (Å²) in [7, 11) is 0. The first-order valence-corrected chi connectivity index (χ1v) is 8.65. The molecule has 3 nitrogen and oxygen atoms in total. The molecular formula is C19H15Cl2NO2. The molecule has 24 heavy (non-hydrogen) atoms. The van der Waals surface area contributed by atoms with E-state index in [0.717, 1.165) is 16.8 Å². The average Bonchev–Trinajstić information content (AvgIpc) is 2.82. The molecule has 2 atom stereocenters. The second-order valence-electron chi connectivity index (χ2n) is 6.46. The highest BCUT2D eigenvalue weighted by molar-refractivity contribution is 6.31. The van der Waals surface area contributed by atoms with Crippen molar-refractivity contribution in [3.05, 3.63) is 63.6 Å². The van der Waals surface area contributed by atoms with E-state index in [9.17, 15) is 9.59 Å². The number of amides is 1. The molecule has 122 valence electrons. The topological polar surface area (TPSA) is 46.2 Å². The number of hydrogen-bond donors (Lipinski definition) is 1. The molecule has 1 spiro atoms. The van der Waals surface area contributed by atoms with Crippen molar-refractivity contribution in [1.29, 1.82) is 0 Å². The minimum Gasteiger partial charge on any atom is -0.325 e. The van der Waals surface area contributed by atoms with Crippen molar-refractivity contribution in [2.75, 3.05) is 5.32 Å². The SMILES string of the molecule is O=C1CC[C@@]2(C(=O)Nc3cc(Cl)ccc32)[C@H](c2ccc(Cl)cc2)C1. The summed E-state index contributed by atoms with van der Waals surface area (Å²) in [6, 6.07) is 12.9. The lowest BCUT2D eigenvalue weighted by molar-refractivity contribution is -0.127. The first-order valence-electron chi connectivity index (χ1n) is 7.89. The fourth-order valence-electron chi connectivity index (χ4n) is 4.07. The zero-order valence-corrected chi connectivity index (χ0v) is 14.3. The number of benzene rings is 2. The Morgan fingerprint density at radius 2 is 1.71 bits per heavy atom. The molecule has 0 unspecified atom stereocenters. The van der Waals surface area contributed by atoms with E-state index in [2.05, 4.69) is 5.32 Å². The third kappa shape index (κ3) is 2.27. The van der Waals surface area contributed by atoms with Gasteiger partial charge in [-0.15, -0.1) is 0 Å². The second-order valence-corrected chi connectivity index (χ2v) is 7.34. The quantitative estimate of drug-likeness (QED) is 0.800. The Kier molecular flexibility index (Phi) is 3.66. The zero-order valence-electron chi connectivity index (χ0n) is 12.8. The molecule has 2 aromatic rings. The fourth-order valence-corrected chi connectivity index (χ4v) is 4.37. The molecule has 0 bridgehead atoms. The van der Waals surface area contributed by atoms with Crippen LogP contribution < -0.4 is 5.32 Å². The number of nitrogens with one attached hydrogen (secondary N) is 1. The van der Waals surface area contributed by atoms with Gasteiger partial charge in [0.05, 0.1) is 5.41 Å². The van der Waals surface area contributed by atoms with Gasteiger partial charge in [0.15, 0.2) is 0 Å². The summed E-state index contributed by atoms with van der Waals surface area (Å²) in [4.78, 5) is 25.1. The number of ketones is 1. The van der Waals surface area contributed by atoms with Crippen LogP contribution in [0, 0.1) is 0 Å². The maximum absolute atomic E-state index is 13.0. The Labute approximate surface area is 150 Å². The van der Waals surface area contributed by atoms with Crippen LogP contribution >= 0.6 is 23.2 Å². The normalized spacial score (nSPS) is 25.7. The van der Waals surface area contributed by atoms with Gasteiger partial charge in [-0.1, -0.05) is 41.4 Å². The van der Waals surface area contributed by atoms with E-state index >= 15 is 0 Å². The van der Waals surface area contributed by atoms with Crippen LogP contribution in [0.5, 0.6) is 0 Å². The standard InChI is InChI=1S/C19H15Cl2NO2/c20-12-3-1-11(2-4-12)16-10-14(23)7-8-19(16)15-6-5-13(21)9-17(15)22-18(19)24/h1-6,9,16H,7-8,10H2,(H,22,24)/t16-,19-/m0/s1. The monoisotopic (exact) mass is 359 g/mol. The largest absolute Gasteiger partial charge is 0.325 e. The van der Waals surface area contributed by atoms with E-state index in [-0.39, 0.29) is 17.6 Å². The Hall–Kier alpha value is -1.84. The van der Waals surface area contributed by atoms with Crippen LogP contribution in [0.3, 0.4) is 0 Å². The second kappa shape index (κ2) is 5.61. The molecule has 1 saturated carbocycles. The van der Waals surface area contributed by atoms with Gasteiger partial charge in [-0.05, 0) is 41.8 Å². The molecule has 1 aliphatic carbocycles. The van der Waals surface area contributed by atoms with Crippen molar-refractivity contribution in [3.63, 3.8) is 0 Å². The maximum Gasteiger partial charge on any atom is 0.235 e. The van der Waals surface area contributed by atoms with Crippen LogP contribution in [0.15, 0.2) is 42.5 Å². The summed E-state index contributed by atoms with van der Waals surface area (Å²) in [5.41, 5.74) is 1.93. The molecule has 0 radical (unpaired) electrons. The summed E-state index contributed by atoms with van der Waals surface area (Å²) in [5, 5.41) is 4.19. The molecule has 1 amide bonds. The van der Waals surface area contributed by atoms with Crippen molar-refractivity contribution in [2.24, 2.45) is 0 Å². The van der Waals surface area contributed by atoms with Crippen LogP contribution in [-0.4, -0.2) is 11.7 Å². The molecule has 1 fully saturated rings. The van der Waals surface area contributed by atoms with Crippen LogP contribution in [0.25, 0.3) is 0 Å². The predicted molar refractivity (Wildman–Crippen MR) is 94.8 cm³/mol. The predicted octanol–water partition coefficient (Wildman–Crippen LogP) is 4.72.